The topological polar surface area (TPSA) is 35.2 Å². The van der Waals surface area contributed by atoms with Crippen molar-refractivity contribution in [1.29, 1.82) is 0 Å². The van der Waals surface area contributed by atoms with Gasteiger partial charge in [-0.25, -0.2) is 4.39 Å². The second-order valence-electron chi connectivity index (χ2n) is 4.23. The van der Waals surface area contributed by atoms with Gasteiger partial charge in [-0.2, -0.15) is 0 Å². The average Bonchev–Trinajstić information content (AvgIpc) is 2.38. The van der Waals surface area contributed by atoms with Crippen molar-refractivity contribution in [3.8, 4) is 16.9 Å². The molecule has 94 valence electrons. The number of nitrogens with two attached hydrogens (primary N) is 1. The summed E-state index contributed by atoms with van der Waals surface area (Å²) in [6, 6.07) is 12.1. The molecule has 18 heavy (non-hydrogen) atoms. The van der Waals surface area contributed by atoms with Gasteiger partial charge in [0, 0.05) is 17.2 Å². The van der Waals surface area contributed by atoms with Crippen LogP contribution in [-0.4, -0.2) is 7.11 Å². The summed E-state index contributed by atoms with van der Waals surface area (Å²) in [7, 11) is 1.57. The van der Waals surface area contributed by atoms with E-state index in [1.807, 2.05) is 25.1 Å². The summed E-state index contributed by atoms with van der Waals surface area (Å²) in [4.78, 5) is 0. The number of rotatable bonds is 3. The largest absolute Gasteiger partial charge is 0.496 e. The second-order valence-corrected chi connectivity index (χ2v) is 4.23. The van der Waals surface area contributed by atoms with Crippen molar-refractivity contribution in [2.75, 3.05) is 7.11 Å². The van der Waals surface area contributed by atoms with Gasteiger partial charge in [0.2, 0.25) is 0 Å². The molecule has 0 aliphatic rings. The fraction of sp³-hybridized carbons (Fsp3) is 0.200. The fourth-order valence-electron chi connectivity index (χ4n) is 1.90. The molecule has 2 aromatic rings. The summed E-state index contributed by atoms with van der Waals surface area (Å²) in [6.07, 6.45) is 0. The van der Waals surface area contributed by atoms with Gasteiger partial charge in [-0.15, -0.1) is 0 Å². The van der Waals surface area contributed by atoms with Crippen molar-refractivity contribution < 1.29 is 9.13 Å². The SMILES string of the molecule is COc1ccc(C(C)N)cc1-c1ccccc1F. The smallest absolute Gasteiger partial charge is 0.131 e. The Morgan fingerprint density at radius 1 is 1.11 bits per heavy atom. The minimum absolute atomic E-state index is 0.0959. The molecule has 2 nitrogen and oxygen atoms in total. The lowest BCUT2D eigenvalue weighted by molar-refractivity contribution is 0.416. The van der Waals surface area contributed by atoms with Gasteiger partial charge in [0.25, 0.3) is 0 Å². The van der Waals surface area contributed by atoms with Gasteiger partial charge in [-0.1, -0.05) is 24.3 Å². The predicted octanol–water partition coefficient (Wildman–Crippen LogP) is 3.52. The third-order valence-electron chi connectivity index (χ3n) is 2.91. The van der Waals surface area contributed by atoms with Crippen molar-refractivity contribution in [2.45, 2.75) is 13.0 Å². The van der Waals surface area contributed by atoms with Crippen LogP contribution in [0.1, 0.15) is 18.5 Å². The van der Waals surface area contributed by atoms with E-state index >= 15 is 0 Å². The summed E-state index contributed by atoms with van der Waals surface area (Å²) in [5, 5.41) is 0. The minimum Gasteiger partial charge on any atom is -0.496 e. The zero-order valence-corrected chi connectivity index (χ0v) is 10.5. The normalized spacial score (nSPS) is 12.2. The number of halogens is 1. The van der Waals surface area contributed by atoms with Crippen LogP contribution in [0.4, 0.5) is 4.39 Å². The van der Waals surface area contributed by atoms with Gasteiger partial charge < -0.3 is 10.5 Å². The lowest BCUT2D eigenvalue weighted by Gasteiger charge is -2.13. The molecule has 3 heteroatoms. The van der Waals surface area contributed by atoms with Gasteiger partial charge in [-0.05, 0) is 30.7 Å². The fourth-order valence-corrected chi connectivity index (χ4v) is 1.90. The Balaban J connectivity index is 2.61. The maximum atomic E-state index is 13.8. The molecule has 2 aromatic carbocycles. The van der Waals surface area contributed by atoms with Crippen LogP contribution < -0.4 is 10.5 Å². The zero-order valence-electron chi connectivity index (χ0n) is 10.5. The molecule has 0 saturated carbocycles. The molecule has 0 amide bonds. The molecule has 0 aliphatic heterocycles. The Morgan fingerprint density at radius 2 is 1.83 bits per heavy atom. The van der Waals surface area contributed by atoms with Crippen molar-refractivity contribution in [3.63, 3.8) is 0 Å². The number of benzene rings is 2. The highest BCUT2D eigenvalue weighted by molar-refractivity contribution is 5.71. The van der Waals surface area contributed by atoms with Crippen molar-refractivity contribution in [2.24, 2.45) is 5.73 Å². The minimum atomic E-state index is -0.266. The summed E-state index contributed by atoms with van der Waals surface area (Å²) in [5.41, 5.74) is 8.06. The van der Waals surface area contributed by atoms with Crippen LogP contribution in [-0.2, 0) is 0 Å². The van der Waals surface area contributed by atoms with Crippen LogP contribution in [0.25, 0.3) is 11.1 Å². The molecule has 0 fully saturated rings. The highest BCUT2D eigenvalue weighted by atomic mass is 19.1. The molecule has 0 aliphatic carbocycles. The number of ether oxygens (including phenoxy) is 1. The average molecular weight is 245 g/mol. The molecule has 0 heterocycles. The van der Waals surface area contributed by atoms with Gasteiger partial charge in [0.05, 0.1) is 7.11 Å². The molecule has 0 saturated heterocycles. The molecule has 2 N–H and O–H groups in total. The lowest BCUT2D eigenvalue weighted by atomic mass is 9.99. The van der Waals surface area contributed by atoms with Crippen LogP contribution in [0.15, 0.2) is 42.5 Å². The first-order valence-electron chi connectivity index (χ1n) is 5.82. The van der Waals surface area contributed by atoms with E-state index < -0.39 is 0 Å². The van der Waals surface area contributed by atoms with Crippen LogP contribution in [0.3, 0.4) is 0 Å². The molecule has 0 aromatic heterocycles. The summed E-state index contributed by atoms with van der Waals surface area (Å²) in [5.74, 6) is 0.377. The maximum Gasteiger partial charge on any atom is 0.131 e. The summed E-state index contributed by atoms with van der Waals surface area (Å²) >= 11 is 0. The van der Waals surface area contributed by atoms with E-state index in [1.165, 1.54) is 6.07 Å². The molecule has 0 spiro atoms. The van der Waals surface area contributed by atoms with Crippen LogP contribution in [0.5, 0.6) is 5.75 Å². The molecule has 1 unspecified atom stereocenters. The Kier molecular flexibility index (Phi) is 3.63. The number of hydrogen-bond donors (Lipinski definition) is 1. The third-order valence-corrected chi connectivity index (χ3v) is 2.91. The van der Waals surface area contributed by atoms with Crippen LogP contribution >= 0.6 is 0 Å². The molecule has 2 rings (SSSR count). The maximum absolute atomic E-state index is 13.8. The Bertz CT molecular complexity index is 552. The Labute approximate surface area is 106 Å². The summed E-state index contributed by atoms with van der Waals surface area (Å²) < 4.78 is 19.1. The zero-order chi connectivity index (χ0) is 13.1. The number of hydrogen-bond acceptors (Lipinski definition) is 2. The molecule has 0 bridgehead atoms. The monoisotopic (exact) mass is 245 g/mol. The van der Waals surface area contributed by atoms with Gasteiger partial charge in [-0.3, -0.25) is 0 Å². The van der Waals surface area contributed by atoms with Crippen LogP contribution in [0, 0.1) is 5.82 Å². The van der Waals surface area contributed by atoms with Gasteiger partial charge in [0.1, 0.15) is 11.6 Å². The highest BCUT2D eigenvalue weighted by Crippen LogP contribution is 2.33. The molecular weight excluding hydrogens is 229 g/mol. The van der Waals surface area contributed by atoms with E-state index in [9.17, 15) is 4.39 Å². The first-order valence-corrected chi connectivity index (χ1v) is 5.82. The molecule has 0 radical (unpaired) electrons. The quantitative estimate of drug-likeness (QED) is 0.898. The first-order chi connectivity index (χ1) is 8.63. The first kappa shape index (κ1) is 12.6. The molecule has 1 atom stereocenters. The summed E-state index contributed by atoms with van der Waals surface area (Å²) in [6.45, 7) is 1.90. The van der Waals surface area contributed by atoms with Crippen molar-refractivity contribution in [1.82, 2.24) is 0 Å². The highest BCUT2D eigenvalue weighted by Gasteiger charge is 2.12. The van der Waals surface area contributed by atoms with Gasteiger partial charge >= 0.3 is 0 Å². The van der Waals surface area contributed by atoms with E-state index in [-0.39, 0.29) is 11.9 Å². The van der Waals surface area contributed by atoms with E-state index in [0.29, 0.717) is 11.3 Å². The van der Waals surface area contributed by atoms with Crippen LogP contribution in [0.2, 0.25) is 0 Å². The number of methoxy groups -OCH3 is 1. The van der Waals surface area contributed by atoms with E-state index in [1.54, 1.807) is 25.3 Å². The standard InChI is InChI=1S/C15H16FNO/c1-10(17)11-7-8-15(18-2)13(9-11)12-5-3-4-6-14(12)16/h3-10H,17H2,1-2H3. The third kappa shape index (κ3) is 2.36. The molecular formula is C15H16FNO. The van der Waals surface area contributed by atoms with E-state index in [2.05, 4.69) is 0 Å². The van der Waals surface area contributed by atoms with Crippen molar-refractivity contribution in [3.05, 3.63) is 53.8 Å². The predicted molar refractivity (Wildman–Crippen MR) is 71.0 cm³/mol. The van der Waals surface area contributed by atoms with E-state index in [0.717, 1.165) is 11.1 Å². The lowest BCUT2D eigenvalue weighted by Crippen LogP contribution is -2.05. The second kappa shape index (κ2) is 5.19. The van der Waals surface area contributed by atoms with E-state index in [4.69, 9.17) is 10.5 Å². The Morgan fingerprint density at radius 3 is 2.44 bits per heavy atom. The van der Waals surface area contributed by atoms with Crippen molar-refractivity contribution >= 4 is 0 Å². The Hall–Kier alpha value is -1.87. The van der Waals surface area contributed by atoms with Gasteiger partial charge in [0.15, 0.2) is 0 Å².